The lowest BCUT2D eigenvalue weighted by Crippen LogP contribution is -2.39. The van der Waals surface area contributed by atoms with Gasteiger partial charge in [-0.25, -0.2) is 4.79 Å². The molecule has 3 amide bonds. The summed E-state index contributed by atoms with van der Waals surface area (Å²) in [6.45, 7) is 0.822. The van der Waals surface area contributed by atoms with Crippen molar-refractivity contribution >= 4 is 17.6 Å². The van der Waals surface area contributed by atoms with Crippen LogP contribution in [0.3, 0.4) is 0 Å². The Hall–Kier alpha value is -3.33. The van der Waals surface area contributed by atoms with Crippen LogP contribution in [0.2, 0.25) is 0 Å². The molecule has 6 heteroatoms. The van der Waals surface area contributed by atoms with Gasteiger partial charge in [0, 0.05) is 18.8 Å². The molecule has 0 radical (unpaired) electrons. The lowest BCUT2D eigenvalue weighted by Gasteiger charge is -2.29. The summed E-state index contributed by atoms with van der Waals surface area (Å²) in [6.07, 6.45) is 0.218. The second-order valence-electron chi connectivity index (χ2n) is 5.80. The van der Waals surface area contributed by atoms with Gasteiger partial charge in [-0.2, -0.15) is 5.26 Å². The molecule has 1 heterocycles. The van der Waals surface area contributed by atoms with Crippen molar-refractivity contribution < 1.29 is 9.59 Å². The predicted octanol–water partition coefficient (Wildman–Crippen LogP) is 2.65. The van der Waals surface area contributed by atoms with Gasteiger partial charge >= 0.3 is 6.03 Å². The third-order valence-electron chi connectivity index (χ3n) is 4.12. The van der Waals surface area contributed by atoms with Crippen molar-refractivity contribution in [3.63, 3.8) is 0 Å². The van der Waals surface area contributed by atoms with Gasteiger partial charge in [0.25, 0.3) is 0 Å². The van der Waals surface area contributed by atoms with Gasteiger partial charge in [-0.05, 0) is 23.8 Å². The number of hydrogen-bond donors (Lipinski definition) is 2. The van der Waals surface area contributed by atoms with E-state index in [0.29, 0.717) is 24.3 Å². The average Bonchev–Trinajstić information content (AvgIpc) is 2.84. The van der Waals surface area contributed by atoms with Crippen molar-refractivity contribution in [3.8, 4) is 6.07 Å². The minimum atomic E-state index is -0.331. The first-order valence-electron chi connectivity index (χ1n) is 8.07. The molecule has 126 valence electrons. The average molecular weight is 334 g/mol. The van der Waals surface area contributed by atoms with E-state index in [9.17, 15) is 9.59 Å². The number of rotatable bonds is 2. The number of carbonyl (C=O) groups is 2. The number of amides is 3. The van der Waals surface area contributed by atoms with Crippen LogP contribution in [0.5, 0.6) is 0 Å². The maximum Gasteiger partial charge on any atom is 0.322 e. The zero-order chi connectivity index (χ0) is 17.6. The van der Waals surface area contributed by atoms with Crippen molar-refractivity contribution in [1.29, 1.82) is 5.26 Å². The highest BCUT2D eigenvalue weighted by atomic mass is 16.2. The van der Waals surface area contributed by atoms with Crippen LogP contribution in [-0.2, 0) is 4.79 Å². The van der Waals surface area contributed by atoms with E-state index >= 15 is 0 Å². The van der Waals surface area contributed by atoms with Gasteiger partial charge in [0.1, 0.15) is 0 Å². The van der Waals surface area contributed by atoms with E-state index in [-0.39, 0.29) is 24.4 Å². The van der Waals surface area contributed by atoms with Crippen LogP contribution in [0, 0.1) is 11.3 Å². The number of nitrogens with zero attached hydrogens (tertiary/aromatic N) is 2. The monoisotopic (exact) mass is 334 g/mol. The molecule has 2 aromatic rings. The molecule has 2 N–H and O–H groups in total. The number of anilines is 1. The second kappa shape index (κ2) is 7.49. The van der Waals surface area contributed by atoms with Crippen LogP contribution in [0.1, 0.15) is 23.6 Å². The largest absolute Gasteiger partial charge is 0.354 e. The topological polar surface area (TPSA) is 85.2 Å². The fourth-order valence-electron chi connectivity index (χ4n) is 2.91. The van der Waals surface area contributed by atoms with E-state index in [0.717, 1.165) is 5.56 Å². The fraction of sp³-hybridized carbons (Fsp3) is 0.211. The van der Waals surface area contributed by atoms with E-state index in [2.05, 4.69) is 16.7 Å². The summed E-state index contributed by atoms with van der Waals surface area (Å²) in [5.41, 5.74) is 1.95. The summed E-state index contributed by atoms with van der Waals surface area (Å²) in [6, 6.07) is 17.7. The first-order valence-corrected chi connectivity index (χ1v) is 8.07. The van der Waals surface area contributed by atoms with Crippen molar-refractivity contribution in [2.45, 2.75) is 12.5 Å². The quantitative estimate of drug-likeness (QED) is 0.885. The SMILES string of the molecule is N#Cc1cccc(NC(=O)N2CCNC(=O)C[C@H]2c2ccccc2)c1. The normalized spacial score (nSPS) is 17.2. The molecule has 2 aromatic carbocycles. The second-order valence-corrected chi connectivity index (χ2v) is 5.80. The summed E-state index contributed by atoms with van der Waals surface area (Å²) in [5, 5.41) is 14.6. The number of urea groups is 1. The van der Waals surface area contributed by atoms with Crippen LogP contribution in [0.15, 0.2) is 54.6 Å². The minimum Gasteiger partial charge on any atom is -0.354 e. The van der Waals surface area contributed by atoms with Crippen LogP contribution in [-0.4, -0.2) is 29.9 Å². The number of carbonyl (C=O) groups excluding carboxylic acids is 2. The van der Waals surface area contributed by atoms with Gasteiger partial charge in [-0.1, -0.05) is 36.4 Å². The Morgan fingerprint density at radius 2 is 2.00 bits per heavy atom. The van der Waals surface area contributed by atoms with Crippen molar-refractivity contribution in [3.05, 3.63) is 65.7 Å². The van der Waals surface area contributed by atoms with Crippen LogP contribution in [0.4, 0.5) is 10.5 Å². The van der Waals surface area contributed by atoms with Crippen molar-refractivity contribution in [2.75, 3.05) is 18.4 Å². The molecule has 1 aliphatic heterocycles. The zero-order valence-electron chi connectivity index (χ0n) is 13.6. The number of hydrogen-bond acceptors (Lipinski definition) is 3. The van der Waals surface area contributed by atoms with E-state index in [1.165, 1.54) is 0 Å². The minimum absolute atomic E-state index is 0.0735. The molecular formula is C19H18N4O2. The fourth-order valence-corrected chi connectivity index (χ4v) is 2.91. The highest BCUT2D eigenvalue weighted by Gasteiger charge is 2.29. The van der Waals surface area contributed by atoms with Gasteiger partial charge in [0.15, 0.2) is 0 Å². The zero-order valence-corrected chi connectivity index (χ0v) is 13.6. The first kappa shape index (κ1) is 16.5. The number of nitrogens with one attached hydrogen (secondary N) is 2. The Bertz CT molecular complexity index is 814. The molecule has 25 heavy (non-hydrogen) atoms. The highest BCUT2D eigenvalue weighted by molar-refractivity contribution is 5.90. The Balaban J connectivity index is 1.84. The molecule has 0 spiro atoms. The summed E-state index contributed by atoms with van der Waals surface area (Å²) >= 11 is 0. The van der Waals surface area contributed by atoms with Crippen LogP contribution < -0.4 is 10.6 Å². The van der Waals surface area contributed by atoms with Crippen molar-refractivity contribution in [1.82, 2.24) is 10.2 Å². The molecule has 3 rings (SSSR count). The van der Waals surface area contributed by atoms with Crippen LogP contribution in [0.25, 0.3) is 0 Å². The Kier molecular flexibility index (Phi) is 4.95. The standard InChI is InChI=1S/C19H18N4O2/c20-13-14-5-4-8-16(11-14)22-19(25)23-10-9-21-18(24)12-17(23)15-6-2-1-3-7-15/h1-8,11,17H,9-10,12H2,(H,21,24)(H,22,25)/t17-/m0/s1. The Labute approximate surface area is 146 Å². The van der Waals surface area contributed by atoms with Gasteiger partial charge in [-0.15, -0.1) is 0 Å². The Morgan fingerprint density at radius 1 is 1.20 bits per heavy atom. The molecule has 0 unspecified atom stereocenters. The van der Waals surface area contributed by atoms with E-state index in [1.807, 2.05) is 30.3 Å². The highest BCUT2D eigenvalue weighted by Crippen LogP contribution is 2.26. The molecule has 6 nitrogen and oxygen atoms in total. The Morgan fingerprint density at radius 3 is 2.76 bits per heavy atom. The van der Waals surface area contributed by atoms with Gasteiger partial charge < -0.3 is 15.5 Å². The number of benzene rings is 2. The maximum atomic E-state index is 12.8. The summed E-state index contributed by atoms with van der Waals surface area (Å²) in [4.78, 5) is 26.4. The molecule has 1 aliphatic rings. The van der Waals surface area contributed by atoms with Gasteiger partial charge in [0.2, 0.25) is 5.91 Å². The summed E-state index contributed by atoms with van der Waals surface area (Å²) < 4.78 is 0. The van der Waals surface area contributed by atoms with Crippen LogP contribution >= 0.6 is 0 Å². The molecule has 1 saturated heterocycles. The predicted molar refractivity (Wildman–Crippen MR) is 93.7 cm³/mol. The molecule has 1 atom stereocenters. The summed E-state index contributed by atoms with van der Waals surface area (Å²) in [5.74, 6) is -0.0735. The van der Waals surface area contributed by atoms with E-state index in [4.69, 9.17) is 5.26 Å². The molecule has 0 saturated carbocycles. The lowest BCUT2D eigenvalue weighted by molar-refractivity contribution is -0.121. The molecule has 0 bridgehead atoms. The lowest BCUT2D eigenvalue weighted by atomic mass is 10.0. The maximum absolute atomic E-state index is 12.8. The molecule has 0 aliphatic carbocycles. The molecule has 0 aromatic heterocycles. The smallest absolute Gasteiger partial charge is 0.322 e. The summed E-state index contributed by atoms with van der Waals surface area (Å²) in [7, 11) is 0. The van der Waals surface area contributed by atoms with E-state index in [1.54, 1.807) is 29.2 Å². The first-order chi connectivity index (χ1) is 12.2. The molecule has 1 fully saturated rings. The third kappa shape index (κ3) is 3.96. The molecular weight excluding hydrogens is 316 g/mol. The van der Waals surface area contributed by atoms with Crippen molar-refractivity contribution in [2.24, 2.45) is 0 Å². The van der Waals surface area contributed by atoms with Gasteiger partial charge in [0.05, 0.1) is 24.1 Å². The van der Waals surface area contributed by atoms with Gasteiger partial charge in [-0.3, -0.25) is 4.79 Å². The number of nitriles is 1. The third-order valence-corrected chi connectivity index (χ3v) is 4.12. The van der Waals surface area contributed by atoms with E-state index < -0.39 is 0 Å².